The normalized spacial score (nSPS) is 12.6. The van der Waals surface area contributed by atoms with Crippen LogP contribution in [0.3, 0.4) is 0 Å². The zero-order chi connectivity index (χ0) is 18.1. The summed E-state index contributed by atoms with van der Waals surface area (Å²) in [6.45, 7) is 10.1. The third-order valence-electron chi connectivity index (χ3n) is 4.43. The number of amides is 1. The lowest BCUT2D eigenvalue weighted by Gasteiger charge is -2.17. The molecule has 5 heteroatoms. The summed E-state index contributed by atoms with van der Waals surface area (Å²) in [6.07, 6.45) is 1.73. The second kappa shape index (κ2) is 6.67. The highest BCUT2D eigenvalue weighted by Gasteiger charge is 2.19. The van der Waals surface area contributed by atoms with Crippen molar-refractivity contribution >= 4 is 16.9 Å². The van der Waals surface area contributed by atoms with Crippen LogP contribution >= 0.6 is 0 Å². The molecule has 0 spiro atoms. The topological polar surface area (TPSA) is 59.8 Å². The molecule has 0 unspecified atom stereocenters. The van der Waals surface area contributed by atoms with E-state index >= 15 is 0 Å². The molecule has 25 heavy (non-hydrogen) atoms. The maximum Gasteiger partial charge on any atom is 0.252 e. The number of hydrogen-bond acceptors (Lipinski definition) is 3. The van der Waals surface area contributed by atoms with Crippen LogP contribution in [0.2, 0.25) is 0 Å². The molecule has 2 aromatic heterocycles. The predicted molar refractivity (Wildman–Crippen MR) is 99.7 cm³/mol. The summed E-state index contributed by atoms with van der Waals surface area (Å²) in [5.41, 5.74) is 4.47. The Labute approximate surface area is 148 Å². The molecule has 1 N–H and O–H groups in total. The molecule has 5 nitrogen and oxygen atoms in total. The van der Waals surface area contributed by atoms with Crippen LogP contribution in [-0.2, 0) is 0 Å². The van der Waals surface area contributed by atoms with Gasteiger partial charge in [0, 0.05) is 11.7 Å². The van der Waals surface area contributed by atoms with Crippen LogP contribution in [-0.4, -0.2) is 20.7 Å². The van der Waals surface area contributed by atoms with Crippen molar-refractivity contribution in [2.24, 2.45) is 0 Å². The molecule has 0 radical (unpaired) electrons. The molecular formula is C20H24N4O. The van der Waals surface area contributed by atoms with Gasteiger partial charge in [0.25, 0.3) is 5.91 Å². The van der Waals surface area contributed by atoms with E-state index in [9.17, 15) is 4.79 Å². The van der Waals surface area contributed by atoms with Gasteiger partial charge in [0.05, 0.1) is 23.2 Å². The van der Waals surface area contributed by atoms with Crippen molar-refractivity contribution in [2.45, 2.75) is 46.7 Å². The number of carbonyl (C=O) groups excluding carboxylic acids is 1. The Morgan fingerprint density at radius 3 is 2.56 bits per heavy atom. The lowest BCUT2D eigenvalue weighted by Crippen LogP contribution is -2.27. The molecule has 0 aliphatic heterocycles. The van der Waals surface area contributed by atoms with Crippen LogP contribution in [0.15, 0.2) is 36.5 Å². The van der Waals surface area contributed by atoms with Crippen LogP contribution in [0, 0.1) is 13.8 Å². The number of aromatic nitrogens is 3. The first-order valence-electron chi connectivity index (χ1n) is 8.59. The van der Waals surface area contributed by atoms with Gasteiger partial charge in [-0.05, 0) is 51.8 Å². The van der Waals surface area contributed by atoms with Crippen molar-refractivity contribution < 1.29 is 4.79 Å². The molecule has 0 fully saturated rings. The van der Waals surface area contributed by atoms with E-state index in [1.807, 2.05) is 42.8 Å². The Hall–Kier alpha value is -2.69. The first-order valence-corrected chi connectivity index (χ1v) is 8.59. The van der Waals surface area contributed by atoms with Crippen LogP contribution in [0.25, 0.3) is 11.0 Å². The van der Waals surface area contributed by atoms with Crippen molar-refractivity contribution in [3.63, 3.8) is 0 Å². The second-order valence-electron chi connectivity index (χ2n) is 6.78. The number of benzene rings is 1. The molecular weight excluding hydrogens is 312 g/mol. The summed E-state index contributed by atoms with van der Waals surface area (Å²) in [5, 5.41) is 8.30. The number of pyridine rings is 1. The molecule has 3 rings (SSSR count). The number of carbonyl (C=O) groups is 1. The molecule has 0 saturated carbocycles. The molecule has 3 aromatic rings. The monoisotopic (exact) mass is 336 g/mol. The number of aryl methyl sites for hydroxylation is 2. The average molecular weight is 336 g/mol. The number of fused-ring (bicyclic) bond motifs is 1. The van der Waals surface area contributed by atoms with Gasteiger partial charge in [-0.25, -0.2) is 9.67 Å². The first-order chi connectivity index (χ1) is 11.9. The van der Waals surface area contributed by atoms with Crippen molar-refractivity contribution in [1.82, 2.24) is 20.1 Å². The highest BCUT2D eigenvalue weighted by atomic mass is 16.1. The lowest BCUT2D eigenvalue weighted by atomic mass is 10.0. The highest BCUT2D eigenvalue weighted by molar-refractivity contribution is 6.05. The first kappa shape index (κ1) is 17.1. The fraction of sp³-hybridized carbons (Fsp3) is 0.350. The lowest BCUT2D eigenvalue weighted by molar-refractivity contribution is 0.0941. The van der Waals surface area contributed by atoms with Gasteiger partial charge < -0.3 is 5.32 Å². The van der Waals surface area contributed by atoms with Gasteiger partial charge >= 0.3 is 0 Å². The second-order valence-corrected chi connectivity index (χ2v) is 6.78. The Balaban J connectivity index is 1.96. The number of nitrogens with one attached hydrogen (secondary N) is 1. The average Bonchev–Trinajstić information content (AvgIpc) is 2.98. The third-order valence-corrected chi connectivity index (χ3v) is 4.43. The molecule has 0 bridgehead atoms. The van der Waals surface area contributed by atoms with E-state index in [2.05, 4.69) is 42.2 Å². The Bertz CT molecular complexity index is 927. The van der Waals surface area contributed by atoms with Gasteiger partial charge in [-0.3, -0.25) is 4.79 Å². The minimum atomic E-state index is -0.102. The zero-order valence-corrected chi connectivity index (χ0v) is 15.4. The van der Waals surface area contributed by atoms with Gasteiger partial charge in [-0.2, -0.15) is 5.10 Å². The number of rotatable bonds is 4. The van der Waals surface area contributed by atoms with Crippen molar-refractivity contribution in [3.05, 3.63) is 58.9 Å². The minimum Gasteiger partial charge on any atom is -0.345 e. The smallest absolute Gasteiger partial charge is 0.252 e. The maximum absolute atomic E-state index is 12.9. The van der Waals surface area contributed by atoms with Gasteiger partial charge in [-0.15, -0.1) is 0 Å². The summed E-state index contributed by atoms with van der Waals surface area (Å²) in [6, 6.07) is 10.0. The molecule has 130 valence electrons. The van der Waals surface area contributed by atoms with Crippen LogP contribution in [0.1, 0.15) is 60.0 Å². The molecule has 1 atom stereocenters. The van der Waals surface area contributed by atoms with E-state index in [4.69, 9.17) is 0 Å². The van der Waals surface area contributed by atoms with E-state index in [0.29, 0.717) is 5.56 Å². The molecule has 0 aliphatic rings. The van der Waals surface area contributed by atoms with Crippen molar-refractivity contribution in [1.29, 1.82) is 0 Å². The van der Waals surface area contributed by atoms with Gasteiger partial charge in [0.1, 0.15) is 0 Å². The van der Waals surface area contributed by atoms with Crippen LogP contribution in [0.4, 0.5) is 0 Å². The van der Waals surface area contributed by atoms with E-state index in [-0.39, 0.29) is 18.0 Å². The van der Waals surface area contributed by atoms with E-state index < -0.39 is 0 Å². The summed E-state index contributed by atoms with van der Waals surface area (Å²) >= 11 is 0. The summed E-state index contributed by atoms with van der Waals surface area (Å²) < 4.78 is 1.85. The molecule has 2 heterocycles. The van der Waals surface area contributed by atoms with Crippen LogP contribution in [0.5, 0.6) is 0 Å². The molecule has 1 amide bonds. The Morgan fingerprint density at radius 1 is 1.16 bits per heavy atom. The molecule has 1 aromatic carbocycles. The Morgan fingerprint density at radius 2 is 1.88 bits per heavy atom. The summed E-state index contributed by atoms with van der Waals surface area (Å²) in [4.78, 5) is 17.5. The predicted octanol–water partition coefficient (Wildman–Crippen LogP) is 4.12. The minimum absolute atomic E-state index is 0.0719. The van der Waals surface area contributed by atoms with Gasteiger partial charge in [0.15, 0.2) is 5.65 Å². The van der Waals surface area contributed by atoms with Crippen molar-refractivity contribution in [2.75, 3.05) is 0 Å². The summed E-state index contributed by atoms with van der Waals surface area (Å²) in [7, 11) is 0. The summed E-state index contributed by atoms with van der Waals surface area (Å²) in [5.74, 6) is -0.102. The zero-order valence-electron chi connectivity index (χ0n) is 15.4. The quantitative estimate of drug-likeness (QED) is 0.779. The van der Waals surface area contributed by atoms with Crippen LogP contribution < -0.4 is 5.32 Å². The van der Waals surface area contributed by atoms with E-state index in [0.717, 1.165) is 22.3 Å². The Kier molecular flexibility index (Phi) is 4.57. The molecule has 0 saturated heterocycles. The van der Waals surface area contributed by atoms with E-state index in [1.54, 1.807) is 6.20 Å². The fourth-order valence-electron chi connectivity index (χ4n) is 3.13. The third kappa shape index (κ3) is 3.27. The fourth-order valence-corrected chi connectivity index (χ4v) is 3.13. The number of hydrogen-bond donors (Lipinski definition) is 1. The highest BCUT2D eigenvalue weighted by Crippen LogP contribution is 2.23. The maximum atomic E-state index is 12.9. The van der Waals surface area contributed by atoms with E-state index in [1.165, 1.54) is 5.56 Å². The largest absolute Gasteiger partial charge is 0.345 e. The standard InChI is InChI=1S/C20H24N4O/c1-12(2)24-19-18(11-21-24)17(10-14(4)22-19)20(25)23-15(5)16-9-7-6-8-13(16)3/h6-12,15H,1-5H3,(H,23,25)/t15-/m1/s1. The SMILES string of the molecule is Cc1cc(C(=O)N[C@H](C)c2ccccc2C)c2cnn(C(C)C)c2n1. The molecule has 0 aliphatic carbocycles. The van der Waals surface area contributed by atoms with Gasteiger partial charge in [0.2, 0.25) is 0 Å². The van der Waals surface area contributed by atoms with Gasteiger partial charge in [-0.1, -0.05) is 24.3 Å². The van der Waals surface area contributed by atoms with Crippen molar-refractivity contribution in [3.8, 4) is 0 Å². The number of nitrogens with zero attached hydrogens (tertiary/aromatic N) is 3.